The van der Waals surface area contributed by atoms with E-state index in [2.05, 4.69) is 9.55 Å². The fourth-order valence-electron chi connectivity index (χ4n) is 2.79. The van der Waals surface area contributed by atoms with Crippen molar-refractivity contribution in [1.29, 1.82) is 0 Å². The summed E-state index contributed by atoms with van der Waals surface area (Å²) in [5.41, 5.74) is 3.31. The molecule has 0 unspecified atom stereocenters. The minimum atomic E-state index is -0.288. The Bertz CT molecular complexity index is 942. The molecule has 4 rings (SSSR count). The molecule has 0 N–H and O–H groups in total. The van der Waals surface area contributed by atoms with Gasteiger partial charge >= 0.3 is 0 Å². The van der Waals surface area contributed by atoms with Gasteiger partial charge in [-0.3, -0.25) is 0 Å². The Balaban J connectivity index is 2.31. The van der Waals surface area contributed by atoms with Gasteiger partial charge in [0.25, 0.3) is 0 Å². The molecule has 4 heteroatoms. The van der Waals surface area contributed by atoms with Crippen LogP contribution in [0.4, 0.5) is 4.39 Å². The van der Waals surface area contributed by atoms with Crippen molar-refractivity contribution in [2.75, 3.05) is 0 Å². The maximum atomic E-state index is 13.4. The highest BCUT2D eigenvalue weighted by Crippen LogP contribution is 2.40. The Kier molecular flexibility index (Phi) is 2.30. The highest BCUT2D eigenvalue weighted by Gasteiger charge is 2.21. The van der Waals surface area contributed by atoms with Gasteiger partial charge in [-0.05, 0) is 18.2 Å². The molecule has 98 valence electrons. The highest BCUT2D eigenvalue weighted by molar-refractivity contribution is 6.38. The van der Waals surface area contributed by atoms with Crippen LogP contribution in [0, 0.1) is 5.82 Å². The molecule has 2 aliphatic rings. The van der Waals surface area contributed by atoms with Gasteiger partial charge in [0.2, 0.25) is 0 Å². The Morgan fingerprint density at radius 3 is 2.75 bits per heavy atom. The SMILES string of the molecule is Cn1c2c3ccc(F)cc3nc-2c(Cl)c2ccccc21. The predicted octanol–water partition coefficient (Wildman–Crippen LogP) is 4.62. The molecule has 0 saturated heterocycles. The van der Waals surface area contributed by atoms with Gasteiger partial charge in [-0.2, -0.15) is 0 Å². The lowest BCUT2D eigenvalue weighted by Gasteiger charge is -2.14. The van der Waals surface area contributed by atoms with E-state index in [9.17, 15) is 4.39 Å². The zero-order valence-electron chi connectivity index (χ0n) is 10.7. The molecule has 2 aliphatic heterocycles. The summed E-state index contributed by atoms with van der Waals surface area (Å²) in [6.07, 6.45) is 0. The van der Waals surface area contributed by atoms with Crippen LogP contribution in [0.15, 0.2) is 42.5 Å². The molecule has 0 radical (unpaired) electrons. The van der Waals surface area contributed by atoms with Gasteiger partial charge < -0.3 is 4.57 Å². The van der Waals surface area contributed by atoms with Crippen LogP contribution >= 0.6 is 11.6 Å². The maximum absolute atomic E-state index is 13.4. The van der Waals surface area contributed by atoms with Crippen molar-refractivity contribution < 1.29 is 4.39 Å². The molecule has 2 aromatic carbocycles. The lowest BCUT2D eigenvalue weighted by molar-refractivity contribution is 0.629. The minimum absolute atomic E-state index is 0.288. The number of hydrogen-bond donors (Lipinski definition) is 0. The Labute approximate surface area is 119 Å². The summed E-state index contributed by atoms with van der Waals surface area (Å²) in [6, 6.07) is 12.6. The van der Waals surface area contributed by atoms with Gasteiger partial charge in [0.1, 0.15) is 11.5 Å². The van der Waals surface area contributed by atoms with Gasteiger partial charge in [0.15, 0.2) is 0 Å². The number of halogens is 2. The van der Waals surface area contributed by atoms with Crippen LogP contribution in [0.3, 0.4) is 0 Å². The van der Waals surface area contributed by atoms with E-state index in [1.807, 2.05) is 31.3 Å². The van der Waals surface area contributed by atoms with E-state index in [1.54, 1.807) is 6.07 Å². The molecule has 0 aromatic heterocycles. The summed E-state index contributed by atoms with van der Waals surface area (Å²) in [7, 11) is 1.98. The number of aromatic nitrogens is 2. The number of fused-ring (bicyclic) bond motifs is 4. The topological polar surface area (TPSA) is 17.8 Å². The first-order valence-electron chi connectivity index (χ1n) is 6.28. The molecule has 2 nitrogen and oxygen atoms in total. The molecule has 0 atom stereocenters. The van der Waals surface area contributed by atoms with E-state index in [0.717, 1.165) is 22.0 Å². The third kappa shape index (κ3) is 1.41. The molecule has 0 bridgehead atoms. The fourth-order valence-corrected chi connectivity index (χ4v) is 3.08. The van der Waals surface area contributed by atoms with E-state index in [0.29, 0.717) is 16.2 Å². The second kappa shape index (κ2) is 3.93. The summed E-state index contributed by atoms with van der Waals surface area (Å²) in [5, 5.41) is 2.48. The van der Waals surface area contributed by atoms with Gasteiger partial charge in [-0.15, -0.1) is 0 Å². The van der Waals surface area contributed by atoms with Crippen molar-refractivity contribution in [3.8, 4) is 11.4 Å². The largest absolute Gasteiger partial charge is 0.342 e. The normalized spacial score (nSPS) is 11.8. The number of pyridine rings is 1. The van der Waals surface area contributed by atoms with Crippen LogP contribution in [-0.4, -0.2) is 9.55 Å². The molecule has 0 saturated carbocycles. The summed E-state index contributed by atoms with van der Waals surface area (Å²) < 4.78 is 15.4. The molecule has 2 aromatic rings. The Morgan fingerprint density at radius 2 is 1.90 bits per heavy atom. The highest BCUT2D eigenvalue weighted by atomic mass is 35.5. The van der Waals surface area contributed by atoms with Crippen LogP contribution in [-0.2, 0) is 7.05 Å². The van der Waals surface area contributed by atoms with Gasteiger partial charge in [0.05, 0.1) is 16.2 Å². The summed E-state index contributed by atoms with van der Waals surface area (Å²) in [4.78, 5) is 4.49. The lowest BCUT2D eigenvalue weighted by atomic mass is 10.1. The first-order chi connectivity index (χ1) is 9.66. The van der Waals surface area contributed by atoms with E-state index < -0.39 is 0 Å². The quantitative estimate of drug-likeness (QED) is 0.460. The monoisotopic (exact) mass is 284 g/mol. The van der Waals surface area contributed by atoms with Gasteiger partial charge in [-0.1, -0.05) is 29.8 Å². The fraction of sp³-hybridized carbons (Fsp3) is 0.0625. The average Bonchev–Trinajstić information content (AvgIpc) is 2.83. The smallest absolute Gasteiger partial charge is 0.125 e. The van der Waals surface area contributed by atoms with Crippen LogP contribution in [0.2, 0.25) is 5.02 Å². The molecule has 0 aliphatic carbocycles. The van der Waals surface area contributed by atoms with Crippen LogP contribution < -0.4 is 0 Å². The third-order valence-corrected chi connectivity index (χ3v) is 4.10. The van der Waals surface area contributed by atoms with Crippen molar-refractivity contribution in [2.24, 2.45) is 7.05 Å². The average molecular weight is 285 g/mol. The molecular weight excluding hydrogens is 275 g/mol. The van der Waals surface area contributed by atoms with Gasteiger partial charge in [-0.25, -0.2) is 9.37 Å². The minimum Gasteiger partial charge on any atom is -0.342 e. The van der Waals surface area contributed by atoms with Crippen LogP contribution in [0.5, 0.6) is 0 Å². The molecule has 0 fully saturated rings. The van der Waals surface area contributed by atoms with E-state index >= 15 is 0 Å². The van der Waals surface area contributed by atoms with E-state index in [4.69, 9.17) is 11.6 Å². The maximum Gasteiger partial charge on any atom is 0.125 e. The van der Waals surface area contributed by atoms with Gasteiger partial charge in [0, 0.05) is 29.4 Å². The number of hydrogen-bond acceptors (Lipinski definition) is 1. The predicted molar refractivity (Wildman–Crippen MR) is 79.8 cm³/mol. The van der Waals surface area contributed by atoms with Crippen molar-refractivity contribution in [3.05, 3.63) is 53.3 Å². The van der Waals surface area contributed by atoms with Crippen molar-refractivity contribution in [1.82, 2.24) is 9.55 Å². The summed E-state index contributed by atoms with van der Waals surface area (Å²) >= 11 is 6.49. The Hall–Kier alpha value is -2.13. The first-order valence-corrected chi connectivity index (χ1v) is 6.66. The summed E-state index contributed by atoms with van der Waals surface area (Å²) in [6.45, 7) is 0. The van der Waals surface area contributed by atoms with E-state index in [1.165, 1.54) is 12.1 Å². The lowest BCUT2D eigenvalue weighted by Crippen LogP contribution is -1.99. The number of aryl methyl sites for hydroxylation is 1. The van der Waals surface area contributed by atoms with Crippen molar-refractivity contribution >= 4 is 33.4 Å². The zero-order valence-corrected chi connectivity index (χ0v) is 11.4. The zero-order chi connectivity index (χ0) is 13.9. The molecule has 20 heavy (non-hydrogen) atoms. The van der Waals surface area contributed by atoms with Crippen molar-refractivity contribution in [3.63, 3.8) is 0 Å². The first kappa shape index (κ1) is 11.7. The second-order valence-electron chi connectivity index (χ2n) is 4.86. The summed E-state index contributed by atoms with van der Waals surface area (Å²) in [5.74, 6) is -0.288. The number of benzene rings is 2. The molecule has 0 amide bonds. The van der Waals surface area contributed by atoms with Crippen LogP contribution in [0.25, 0.3) is 33.2 Å². The Morgan fingerprint density at radius 1 is 1.10 bits per heavy atom. The molecule has 2 heterocycles. The molecular formula is C16H10ClFN2. The molecule has 0 spiro atoms. The number of para-hydroxylation sites is 1. The standard InChI is InChI=1S/C16H10ClFN2/c1-20-13-5-3-2-4-11(13)14(17)15-16(20)10-7-6-9(18)8-12(10)19-15/h2-8H,1H3. The van der Waals surface area contributed by atoms with Crippen LogP contribution in [0.1, 0.15) is 0 Å². The number of rotatable bonds is 0. The number of nitrogens with zero attached hydrogens (tertiary/aromatic N) is 2. The second-order valence-corrected chi connectivity index (χ2v) is 5.24. The third-order valence-electron chi connectivity index (χ3n) is 3.72. The van der Waals surface area contributed by atoms with E-state index in [-0.39, 0.29) is 5.82 Å². The van der Waals surface area contributed by atoms with Crippen molar-refractivity contribution in [2.45, 2.75) is 0 Å².